The SMILES string of the molecule is CCCCCC1CCS(=O)(=O)N1. The van der Waals surface area contributed by atoms with E-state index in [-0.39, 0.29) is 6.04 Å². The van der Waals surface area contributed by atoms with E-state index in [0.29, 0.717) is 5.75 Å². The largest absolute Gasteiger partial charge is 0.212 e. The van der Waals surface area contributed by atoms with Crippen molar-refractivity contribution in [3.8, 4) is 0 Å². The van der Waals surface area contributed by atoms with Gasteiger partial charge in [0.2, 0.25) is 10.0 Å². The summed E-state index contributed by atoms with van der Waals surface area (Å²) >= 11 is 0. The molecule has 72 valence electrons. The highest BCUT2D eigenvalue weighted by Crippen LogP contribution is 2.13. The Morgan fingerprint density at radius 3 is 2.67 bits per heavy atom. The molecule has 1 N–H and O–H groups in total. The predicted molar refractivity (Wildman–Crippen MR) is 49.5 cm³/mol. The van der Waals surface area contributed by atoms with Gasteiger partial charge >= 0.3 is 0 Å². The molecule has 1 aliphatic rings. The van der Waals surface area contributed by atoms with Crippen LogP contribution >= 0.6 is 0 Å². The first-order valence-electron chi connectivity index (χ1n) is 4.64. The quantitative estimate of drug-likeness (QED) is 0.680. The van der Waals surface area contributed by atoms with Crippen LogP contribution in [0.2, 0.25) is 0 Å². The van der Waals surface area contributed by atoms with Crippen LogP contribution < -0.4 is 4.72 Å². The molecule has 1 rings (SSSR count). The zero-order valence-corrected chi connectivity index (χ0v) is 8.36. The van der Waals surface area contributed by atoms with Crippen molar-refractivity contribution in [3.05, 3.63) is 0 Å². The van der Waals surface area contributed by atoms with Crippen LogP contribution in [-0.4, -0.2) is 20.2 Å². The highest BCUT2D eigenvalue weighted by atomic mass is 32.2. The topological polar surface area (TPSA) is 46.2 Å². The number of unbranched alkanes of at least 4 members (excludes halogenated alkanes) is 2. The molecule has 1 fully saturated rings. The monoisotopic (exact) mass is 191 g/mol. The Bertz CT molecular complexity index is 223. The smallest absolute Gasteiger partial charge is 0.211 e. The van der Waals surface area contributed by atoms with Crippen LogP contribution in [0, 0.1) is 0 Å². The summed E-state index contributed by atoms with van der Waals surface area (Å²) in [5, 5.41) is 0. The average molecular weight is 191 g/mol. The van der Waals surface area contributed by atoms with E-state index in [2.05, 4.69) is 11.6 Å². The summed E-state index contributed by atoms with van der Waals surface area (Å²) in [6, 6.07) is 0.224. The van der Waals surface area contributed by atoms with E-state index in [1.165, 1.54) is 12.8 Å². The second-order valence-electron chi connectivity index (χ2n) is 3.42. The molecule has 0 spiro atoms. The van der Waals surface area contributed by atoms with Crippen molar-refractivity contribution in [1.82, 2.24) is 4.72 Å². The van der Waals surface area contributed by atoms with Gasteiger partial charge in [0.25, 0.3) is 0 Å². The van der Waals surface area contributed by atoms with Crippen LogP contribution in [0.5, 0.6) is 0 Å². The second-order valence-corrected chi connectivity index (χ2v) is 5.29. The summed E-state index contributed by atoms with van der Waals surface area (Å²) in [5.41, 5.74) is 0. The van der Waals surface area contributed by atoms with Crippen molar-refractivity contribution in [2.24, 2.45) is 0 Å². The molecule has 0 saturated carbocycles. The first kappa shape index (κ1) is 9.99. The summed E-state index contributed by atoms with van der Waals surface area (Å²) < 4.78 is 24.6. The Hall–Kier alpha value is -0.0900. The van der Waals surface area contributed by atoms with E-state index in [4.69, 9.17) is 0 Å². The Morgan fingerprint density at radius 1 is 1.42 bits per heavy atom. The fraction of sp³-hybridized carbons (Fsp3) is 1.00. The zero-order valence-electron chi connectivity index (χ0n) is 7.54. The molecule has 1 aliphatic heterocycles. The summed E-state index contributed by atoms with van der Waals surface area (Å²) in [4.78, 5) is 0. The maximum atomic E-state index is 11.0. The zero-order chi connectivity index (χ0) is 9.03. The lowest BCUT2D eigenvalue weighted by molar-refractivity contribution is 0.531. The second kappa shape index (κ2) is 4.23. The minimum absolute atomic E-state index is 0.224. The fourth-order valence-corrected chi connectivity index (χ4v) is 2.97. The van der Waals surface area contributed by atoms with Gasteiger partial charge in [0.15, 0.2) is 0 Å². The van der Waals surface area contributed by atoms with Gasteiger partial charge < -0.3 is 0 Å². The Kier molecular flexibility index (Phi) is 3.53. The molecule has 0 aromatic carbocycles. The lowest BCUT2D eigenvalue weighted by Gasteiger charge is -2.06. The summed E-state index contributed by atoms with van der Waals surface area (Å²) in [7, 11) is -2.88. The first-order valence-corrected chi connectivity index (χ1v) is 6.29. The van der Waals surface area contributed by atoms with Crippen molar-refractivity contribution in [1.29, 1.82) is 0 Å². The number of rotatable bonds is 4. The molecule has 3 nitrogen and oxygen atoms in total. The lowest BCUT2D eigenvalue weighted by atomic mass is 10.1. The fourth-order valence-electron chi connectivity index (χ4n) is 1.51. The number of nitrogens with one attached hydrogen (secondary N) is 1. The van der Waals surface area contributed by atoms with Crippen LogP contribution in [0.15, 0.2) is 0 Å². The van der Waals surface area contributed by atoms with Gasteiger partial charge in [-0.3, -0.25) is 0 Å². The van der Waals surface area contributed by atoms with Crippen LogP contribution in [0.3, 0.4) is 0 Å². The van der Waals surface area contributed by atoms with E-state index in [1.807, 2.05) is 0 Å². The molecule has 0 radical (unpaired) electrons. The molecule has 0 aliphatic carbocycles. The van der Waals surface area contributed by atoms with Gasteiger partial charge in [-0.25, -0.2) is 13.1 Å². The molecule has 0 aromatic rings. The van der Waals surface area contributed by atoms with Crippen LogP contribution in [-0.2, 0) is 10.0 Å². The summed E-state index contributed by atoms with van der Waals surface area (Å²) in [6.45, 7) is 2.15. The predicted octanol–water partition coefficient (Wildman–Crippen LogP) is 1.26. The van der Waals surface area contributed by atoms with Gasteiger partial charge in [-0.1, -0.05) is 26.2 Å². The molecule has 1 saturated heterocycles. The molecule has 12 heavy (non-hydrogen) atoms. The molecule has 1 heterocycles. The Morgan fingerprint density at radius 2 is 2.17 bits per heavy atom. The van der Waals surface area contributed by atoms with Gasteiger partial charge in [-0.2, -0.15) is 0 Å². The van der Waals surface area contributed by atoms with Crippen molar-refractivity contribution >= 4 is 10.0 Å². The Labute approximate surface area is 74.6 Å². The van der Waals surface area contributed by atoms with Crippen LogP contribution in [0.25, 0.3) is 0 Å². The Balaban J connectivity index is 2.20. The van der Waals surface area contributed by atoms with Gasteiger partial charge in [-0.15, -0.1) is 0 Å². The van der Waals surface area contributed by atoms with E-state index in [9.17, 15) is 8.42 Å². The highest BCUT2D eigenvalue weighted by Gasteiger charge is 2.25. The summed E-state index contributed by atoms with van der Waals surface area (Å²) in [6.07, 6.45) is 5.35. The average Bonchev–Trinajstić information content (AvgIpc) is 2.31. The molecule has 1 atom stereocenters. The maximum absolute atomic E-state index is 11.0. The van der Waals surface area contributed by atoms with Crippen molar-refractivity contribution in [2.45, 2.75) is 45.1 Å². The first-order chi connectivity index (χ1) is 5.64. The number of hydrogen-bond acceptors (Lipinski definition) is 2. The third kappa shape index (κ3) is 3.11. The molecule has 0 amide bonds. The number of hydrogen-bond donors (Lipinski definition) is 1. The van der Waals surface area contributed by atoms with E-state index >= 15 is 0 Å². The molecule has 0 aromatic heterocycles. The van der Waals surface area contributed by atoms with Gasteiger partial charge in [0.05, 0.1) is 5.75 Å². The van der Waals surface area contributed by atoms with Crippen molar-refractivity contribution < 1.29 is 8.42 Å². The molecule has 0 bridgehead atoms. The maximum Gasteiger partial charge on any atom is 0.211 e. The molecular weight excluding hydrogens is 174 g/mol. The standard InChI is InChI=1S/C8H17NO2S/c1-2-3-4-5-8-6-7-12(10,11)9-8/h8-9H,2-7H2,1H3. The van der Waals surface area contributed by atoms with Gasteiger partial charge in [-0.05, 0) is 12.8 Å². The summed E-state index contributed by atoms with van der Waals surface area (Å²) in [5.74, 6) is 0.323. The molecule has 1 unspecified atom stereocenters. The minimum Gasteiger partial charge on any atom is -0.212 e. The molecule has 4 heteroatoms. The van der Waals surface area contributed by atoms with E-state index in [0.717, 1.165) is 19.3 Å². The van der Waals surface area contributed by atoms with Crippen LogP contribution in [0.4, 0.5) is 0 Å². The minimum atomic E-state index is -2.88. The highest BCUT2D eigenvalue weighted by molar-refractivity contribution is 7.89. The van der Waals surface area contributed by atoms with Gasteiger partial charge in [0, 0.05) is 6.04 Å². The lowest BCUT2D eigenvalue weighted by Crippen LogP contribution is -2.25. The van der Waals surface area contributed by atoms with Crippen molar-refractivity contribution in [2.75, 3.05) is 5.75 Å². The normalized spacial score (nSPS) is 27.6. The van der Waals surface area contributed by atoms with Gasteiger partial charge in [0.1, 0.15) is 0 Å². The van der Waals surface area contributed by atoms with Crippen molar-refractivity contribution in [3.63, 3.8) is 0 Å². The third-order valence-corrected chi connectivity index (χ3v) is 3.70. The van der Waals surface area contributed by atoms with E-state index < -0.39 is 10.0 Å². The van der Waals surface area contributed by atoms with E-state index in [1.54, 1.807) is 0 Å². The third-order valence-electron chi connectivity index (χ3n) is 2.24. The molecular formula is C8H17NO2S. The number of sulfonamides is 1. The van der Waals surface area contributed by atoms with Crippen LogP contribution in [0.1, 0.15) is 39.0 Å².